The SMILES string of the molecule is O=CCN1CCN(c2ccc(Nc3nc(N4CCCC4)c4cc[nH]c4n3)cc2)CC1. The maximum Gasteiger partial charge on any atom is 0.231 e. The number of rotatable bonds is 6. The van der Waals surface area contributed by atoms with Gasteiger partial charge >= 0.3 is 0 Å². The molecule has 2 N–H and O–H groups in total. The van der Waals surface area contributed by atoms with Crippen molar-refractivity contribution >= 4 is 40.5 Å². The highest BCUT2D eigenvalue weighted by Crippen LogP contribution is 2.29. The average molecular weight is 406 g/mol. The summed E-state index contributed by atoms with van der Waals surface area (Å²) in [7, 11) is 0. The molecule has 2 aromatic heterocycles. The van der Waals surface area contributed by atoms with E-state index < -0.39 is 0 Å². The van der Waals surface area contributed by atoms with E-state index in [9.17, 15) is 4.79 Å². The predicted octanol–water partition coefficient (Wildman–Crippen LogP) is 2.62. The quantitative estimate of drug-likeness (QED) is 0.610. The Morgan fingerprint density at radius 1 is 0.933 bits per heavy atom. The molecule has 0 atom stereocenters. The van der Waals surface area contributed by atoms with Crippen LogP contribution < -0.4 is 15.1 Å². The van der Waals surface area contributed by atoms with Crippen molar-refractivity contribution in [2.45, 2.75) is 12.8 Å². The molecule has 0 bridgehead atoms. The average Bonchev–Trinajstić information content (AvgIpc) is 3.47. The predicted molar refractivity (Wildman–Crippen MR) is 120 cm³/mol. The Bertz CT molecular complexity index is 1000. The monoisotopic (exact) mass is 405 g/mol. The van der Waals surface area contributed by atoms with Gasteiger partial charge in [0.2, 0.25) is 5.95 Å². The number of benzene rings is 1. The molecule has 5 rings (SSSR count). The van der Waals surface area contributed by atoms with Gasteiger partial charge in [-0.15, -0.1) is 0 Å². The van der Waals surface area contributed by atoms with E-state index in [1.807, 2.05) is 6.20 Å². The van der Waals surface area contributed by atoms with Gasteiger partial charge in [0, 0.05) is 56.8 Å². The second-order valence-corrected chi connectivity index (χ2v) is 7.93. The van der Waals surface area contributed by atoms with Gasteiger partial charge in [0.25, 0.3) is 0 Å². The molecule has 0 aliphatic carbocycles. The molecule has 2 aliphatic rings. The van der Waals surface area contributed by atoms with Gasteiger partial charge in [-0.1, -0.05) is 0 Å². The van der Waals surface area contributed by atoms with Crippen molar-refractivity contribution in [3.05, 3.63) is 36.5 Å². The van der Waals surface area contributed by atoms with Crippen LogP contribution in [0.4, 0.5) is 23.1 Å². The van der Waals surface area contributed by atoms with Crippen molar-refractivity contribution in [3.63, 3.8) is 0 Å². The largest absolute Gasteiger partial charge is 0.369 e. The van der Waals surface area contributed by atoms with E-state index in [0.717, 1.165) is 68.1 Å². The number of H-pyrrole nitrogens is 1. The van der Waals surface area contributed by atoms with E-state index in [4.69, 9.17) is 4.98 Å². The first-order valence-electron chi connectivity index (χ1n) is 10.7. The summed E-state index contributed by atoms with van der Waals surface area (Å²) in [5, 5.41) is 4.44. The van der Waals surface area contributed by atoms with E-state index in [2.05, 4.69) is 60.3 Å². The fourth-order valence-corrected chi connectivity index (χ4v) is 4.33. The molecule has 8 nitrogen and oxygen atoms in total. The van der Waals surface area contributed by atoms with Crippen molar-refractivity contribution < 1.29 is 4.79 Å². The molecule has 0 radical (unpaired) electrons. The first-order chi connectivity index (χ1) is 14.8. The van der Waals surface area contributed by atoms with Gasteiger partial charge in [0.05, 0.1) is 11.9 Å². The molecular weight excluding hydrogens is 378 g/mol. The summed E-state index contributed by atoms with van der Waals surface area (Å²) in [6, 6.07) is 10.5. The summed E-state index contributed by atoms with van der Waals surface area (Å²) in [6.45, 7) is 6.33. The Hall–Kier alpha value is -3.13. The molecule has 2 aliphatic heterocycles. The number of hydrogen-bond acceptors (Lipinski definition) is 7. The summed E-state index contributed by atoms with van der Waals surface area (Å²) < 4.78 is 0. The zero-order valence-corrected chi connectivity index (χ0v) is 17.0. The molecule has 4 heterocycles. The van der Waals surface area contributed by atoms with Crippen molar-refractivity contribution in [2.24, 2.45) is 0 Å². The van der Waals surface area contributed by atoms with E-state index in [1.165, 1.54) is 18.5 Å². The standard InChI is InChI=1S/C22H27N7O/c30-16-15-27-11-13-28(14-12-27)18-5-3-17(4-6-18)24-22-25-20-19(7-8-23-20)21(26-22)29-9-1-2-10-29/h3-8,16H,1-2,9-15H2,(H2,23,24,25,26). The Labute approximate surface area is 175 Å². The summed E-state index contributed by atoms with van der Waals surface area (Å²) >= 11 is 0. The molecule has 0 spiro atoms. The number of piperazine rings is 1. The van der Waals surface area contributed by atoms with Crippen molar-refractivity contribution in [1.29, 1.82) is 0 Å². The van der Waals surface area contributed by atoms with Gasteiger partial charge in [-0.3, -0.25) is 4.90 Å². The van der Waals surface area contributed by atoms with Crippen LogP contribution in [0.25, 0.3) is 11.0 Å². The number of nitrogens with one attached hydrogen (secondary N) is 2. The second kappa shape index (κ2) is 8.31. The van der Waals surface area contributed by atoms with E-state index in [1.54, 1.807) is 0 Å². The minimum Gasteiger partial charge on any atom is -0.369 e. The number of carbonyl (C=O) groups excluding carboxylic acids is 1. The van der Waals surface area contributed by atoms with Crippen LogP contribution in [0, 0.1) is 0 Å². The van der Waals surface area contributed by atoms with Crippen LogP contribution in [-0.2, 0) is 4.79 Å². The van der Waals surface area contributed by atoms with Crippen LogP contribution in [0.2, 0.25) is 0 Å². The first kappa shape index (κ1) is 18.9. The second-order valence-electron chi connectivity index (χ2n) is 7.93. The number of aromatic nitrogens is 3. The third-order valence-electron chi connectivity index (χ3n) is 5.99. The third-order valence-corrected chi connectivity index (χ3v) is 5.99. The van der Waals surface area contributed by atoms with Gasteiger partial charge in [-0.2, -0.15) is 9.97 Å². The molecule has 156 valence electrons. The van der Waals surface area contributed by atoms with Gasteiger partial charge in [0.15, 0.2) is 0 Å². The topological polar surface area (TPSA) is 80.4 Å². The van der Waals surface area contributed by atoms with Gasteiger partial charge in [-0.25, -0.2) is 0 Å². The highest BCUT2D eigenvalue weighted by atomic mass is 16.1. The molecule has 1 aromatic carbocycles. The zero-order valence-electron chi connectivity index (χ0n) is 17.0. The van der Waals surface area contributed by atoms with Crippen molar-refractivity contribution in [1.82, 2.24) is 19.9 Å². The van der Waals surface area contributed by atoms with E-state index in [-0.39, 0.29) is 0 Å². The maximum absolute atomic E-state index is 10.7. The van der Waals surface area contributed by atoms with Gasteiger partial charge in [-0.05, 0) is 43.2 Å². The lowest BCUT2D eigenvalue weighted by molar-refractivity contribution is -0.108. The number of carbonyl (C=O) groups is 1. The molecule has 30 heavy (non-hydrogen) atoms. The van der Waals surface area contributed by atoms with E-state index >= 15 is 0 Å². The molecule has 0 amide bonds. The third kappa shape index (κ3) is 3.82. The van der Waals surface area contributed by atoms with Crippen LogP contribution in [0.5, 0.6) is 0 Å². The lowest BCUT2D eigenvalue weighted by Crippen LogP contribution is -2.46. The maximum atomic E-state index is 10.7. The molecule has 0 unspecified atom stereocenters. The summed E-state index contributed by atoms with van der Waals surface area (Å²) in [5.41, 5.74) is 3.03. The van der Waals surface area contributed by atoms with Crippen LogP contribution in [0.15, 0.2) is 36.5 Å². The number of fused-ring (bicyclic) bond motifs is 1. The first-order valence-corrected chi connectivity index (χ1v) is 10.7. The van der Waals surface area contributed by atoms with Crippen LogP contribution in [-0.4, -0.2) is 72.0 Å². The molecule has 8 heteroatoms. The van der Waals surface area contributed by atoms with Gasteiger partial charge < -0.3 is 24.9 Å². The lowest BCUT2D eigenvalue weighted by Gasteiger charge is -2.35. The Morgan fingerprint density at radius 3 is 2.43 bits per heavy atom. The number of anilines is 4. The van der Waals surface area contributed by atoms with Crippen LogP contribution >= 0.6 is 0 Å². The Morgan fingerprint density at radius 2 is 1.70 bits per heavy atom. The normalized spacial score (nSPS) is 17.6. The minimum atomic E-state index is 0.529. The number of aromatic amines is 1. The molecule has 0 saturated carbocycles. The van der Waals surface area contributed by atoms with Crippen LogP contribution in [0.3, 0.4) is 0 Å². The van der Waals surface area contributed by atoms with Crippen molar-refractivity contribution in [2.75, 3.05) is 60.9 Å². The number of aldehydes is 1. The van der Waals surface area contributed by atoms with Crippen molar-refractivity contribution in [3.8, 4) is 0 Å². The summed E-state index contributed by atoms with van der Waals surface area (Å²) in [4.78, 5) is 30.3. The zero-order chi connectivity index (χ0) is 20.3. The summed E-state index contributed by atoms with van der Waals surface area (Å²) in [6.07, 6.45) is 5.33. The molecule has 2 fully saturated rings. The molecular formula is C22H27N7O. The fourth-order valence-electron chi connectivity index (χ4n) is 4.33. The molecule has 3 aromatic rings. The fraction of sp³-hybridized carbons (Fsp3) is 0.409. The summed E-state index contributed by atoms with van der Waals surface area (Å²) in [5.74, 6) is 1.62. The highest BCUT2D eigenvalue weighted by Gasteiger charge is 2.19. The Kier molecular flexibility index (Phi) is 5.23. The smallest absolute Gasteiger partial charge is 0.231 e. The lowest BCUT2D eigenvalue weighted by atomic mass is 10.2. The number of hydrogen-bond donors (Lipinski definition) is 2. The van der Waals surface area contributed by atoms with E-state index in [0.29, 0.717) is 12.5 Å². The highest BCUT2D eigenvalue weighted by molar-refractivity contribution is 5.89. The minimum absolute atomic E-state index is 0.529. The molecule has 2 saturated heterocycles. The number of nitrogens with zero attached hydrogens (tertiary/aromatic N) is 5. The van der Waals surface area contributed by atoms with Crippen LogP contribution in [0.1, 0.15) is 12.8 Å². The Balaban J connectivity index is 1.30. The van der Waals surface area contributed by atoms with Gasteiger partial charge in [0.1, 0.15) is 17.8 Å².